The molecule has 0 aliphatic carbocycles. The van der Waals surface area contributed by atoms with Crippen molar-refractivity contribution in [2.24, 2.45) is 5.10 Å². The highest BCUT2D eigenvalue weighted by atomic mass is 32.1. The van der Waals surface area contributed by atoms with Crippen LogP contribution in [-0.4, -0.2) is 30.7 Å². The second-order valence-electron chi connectivity index (χ2n) is 7.10. The van der Waals surface area contributed by atoms with E-state index in [0.717, 1.165) is 0 Å². The van der Waals surface area contributed by atoms with Gasteiger partial charge < -0.3 is 13.4 Å². The van der Waals surface area contributed by atoms with Gasteiger partial charge in [0.25, 0.3) is 11.5 Å². The standard InChI is InChI=1S/C21H17N5O4S2/c1-2-7-25-19-18(32-21(25)31)20(28)24(12-22-19)11-17(27)26-14(16-6-4-9-30-16)10-13(23-26)15-5-3-8-29-15/h2-6,8-9,12,14H,1,7,10-11H2. The minimum absolute atomic E-state index is 0.222. The van der Waals surface area contributed by atoms with Gasteiger partial charge in [0.05, 0.1) is 12.5 Å². The van der Waals surface area contributed by atoms with Crippen molar-refractivity contribution in [2.75, 3.05) is 0 Å². The Kier molecular flexibility index (Phi) is 5.19. The van der Waals surface area contributed by atoms with Gasteiger partial charge in [-0.3, -0.25) is 14.2 Å². The molecule has 1 unspecified atom stereocenters. The zero-order valence-electron chi connectivity index (χ0n) is 16.7. The molecule has 1 amide bonds. The summed E-state index contributed by atoms with van der Waals surface area (Å²) in [6, 6.07) is 6.67. The van der Waals surface area contributed by atoms with Gasteiger partial charge in [-0.05, 0) is 36.5 Å². The maximum atomic E-state index is 13.2. The van der Waals surface area contributed by atoms with Crippen molar-refractivity contribution in [3.8, 4) is 0 Å². The lowest BCUT2D eigenvalue weighted by atomic mass is 10.1. The summed E-state index contributed by atoms with van der Waals surface area (Å²) in [4.78, 5) is 30.6. The summed E-state index contributed by atoms with van der Waals surface area (Å²) in [6.07, 6.45) is 6.59. The largest absolute Gasteiger partial charge is 0.467 e. The fourth-order valence-corrected chi connectivity index (χ4v) is 4.94. The van der Waals surface area contributed by atoms with Gasteiger partial charge in [0.1, 0.15) is 40.8 Å². The Morgan fingerprint density at radius 3 is 2.84 bits per heavy atom. The first-order valence-electron chi connectivity index (χ1n) is 9.73. The number of hydrogen-bond acceptors (Lipinski definition) is 8. The summed E-state index contributed by atoms with van der Waals surface area (Å²) in [5.74, 6) is 0.815. The summed E-state index contributed by atoms with van der Waals surface area (Å²) in [6.45, 7) is 3.94. The predicted octanol–water partition coefficient (Wildman–Crippen LogP) is 3.74. The van der Waals surface area contributed by atoms with E-state index in [1.165, 1.54) is 27.2 Å². The summed E-state index contributed by atoms with van der Waals surface area (Å²) in [7, 11) is 0. The van der Waals surface area contributed by atoms with E-state index < -0.39 is 6.04 Å². The van der Waals surface area contributed by atoms with E-state index in [0.29, 0.717) is 44.5 Å². The van der Waals surface area contributed by atoms with Gasteiger partial charge in [-0.1, -0.05) is 17.4 Å². The lowest BCUT2D eigenvalue weighted by molar-refractivity contribution is -0.134. The molecule has 0 radical (unpaired) electrons. The van der Waals surface area contributed by atoms with Gasteiger partial charge in [-0.15, -0.1) is 6.58 Å². The van der Waals surface area contributed by atoms with Crippen molar-refractivity contribution in [3.63, 3.8) is 0 Å². The number of rotatable bonds is 6. The third kappa shape index (κ3) is 3.45. The van der Waals surface area contributed by atoms with Gasteiger partial charge in [0.2, 0.25) is 0 Å². The Morgan fingerprint density at radius 1 is 1.31 bits per heavy atom. The number of nitrogens with zero attached hydrogens (tertiary/aromatic N) is 5. The van der Waals surface area contributed by atoms with Crippen LogP contribution < -0.4 is 5.56 Å². The first-order chi connectivity index (χ1) is 15.6. The fourth-order valence-electron chi connectivity index (χ4n) is 3.63. The van der Waals surface area contributed by atoms with Crippen LogP contribution in [0.25, 0.3) is 10.3 Å². The number of carbonyl (C=O) groups excluding carboxylic acids is 1. The van der Waals surface area contributed by atoms with E-state index >= 15 is 0 Å². The summed E-state index contributed by atoms with van der Waals surface area (Å²) >= 11 is 6.51. The molecule has 0 bridgehead atoms. The first kappa shape index (κ1) is 20.3. The molecule has 9 nitrogen and oxygen atoms in total. The molecule has 11 heteroatoms. The highest BCUT2D eigenvalue weighted by Gasteiger charge is 2.36. The number of fused-ring (bicyclic) bond motifs is 1. The lowest BCUT2D eigenvalue weighted by Crippen LogP contribution is -2.33. The highest BCUT2D eigenvalue weighted by molar-refractivity contribution is 7.73. The van der Waals surface area contributed by atoms with Crippen molar-refractivity contribution in [1.82, 2.24) is 19.1 Å². The Labute approximate surface area is 190 Å². The van der Waals surface area contributed by atoms with Crippen LogP contribution in [0.5, 0.6) is 0 Å². The summed E-state index contributed by atoms with van der Waals surface area (Å²) in [5.41, 5.74) is 0.790. The number of amides is 1. The quantitative estimate of drug-likeness (QED) is 0.316. The zero-order chi connectivity index (χ0) is 22.2. The SMILES string of the molecule is C=CCn1c(=S)sc2c(=O)n(CC(=O)N3N=C(c4ccco4)CC3c3ccco3)cnc21. The number of allylic oxidation sites excluding steroid dienone is 1. The molecule has 0 saturated carbocycles. The van der Waals surface area contributed by atoms with Crippen LogP contribution in [0, 0.1) is 3.95 Å². The van der Waals surface area contributed by atoms with Gasteiger partial charge in [0, 0.05) is 13.0 Å². The van der Waals surface area contributed by atoms with Crippen molar-refractivity contribution in [2.45, 2.75) is 25.6 Å². The maximum absolute atomic E-state index is 13.2. The Morgan fingerprint density at radius 2 is 2.12 bits per heavy atom. The van der Waals surface area contributed by atoms with Crippen molar-refractivity contribution < 1.29 is 13.6 Å². The molecule has 0 aromatic carbocycles. The summed E-state index contributed by atoms with van der Waals surface area (Å²) < 4.78 is 14.9. The molecule has 32 heavy (non-hydrogen) atoms. The number of thiazole rings is 1. The second kappa shape index (κ2) is 8.17. The molecule has 4 aromatic rings. The van der Waals surface area contributed by atoms with E-state index in [4.69, 9.17) is 21.1 Å². The Balaban J connectivity index is 1.48. The minimum Gasteiger partial charge on any atom is -0.467 e. The molecule has 1 aliphatic heterocycles. The number of hydrazone groups is 1. The smallest absolute Gasteiger partial charge is 0.273 e. The lowest BCUT2D eigenvalue weighted by Gasteiger charge is -2.20. The fraction of sp³-hybridized carbons (Fsp3) is 0.190. The highest BCUT2D eigenvalue weighted by Crippen LogP contribution is 2.33. The van der Waals surface area contributed by atoms with Crippen molar-refractivity contribution >= 4 is 45.5 Å². The average molecular weight is 468 g/mol. The minimum atomic E-state index is -0.430. The number of furan rings is 2. The van der Waals surface area contributed by atoms with Crippen LogP contribution in [0.2, 0.25) is 0 Å². The van der Waals surface area contributed by atoms with E-state index in [1.807, 2.05) is 0 Å². The first-order valence-corrected chi connectivity index (χ1v) is 11.0. The Hall–Kier alpha value is -3.57. The van der Waals surface area contributed by atoms with E-state index in [-0.39, 0.29) is 18.0 Å². The molecule has 4 aromatic heterocycles. The van der Waals surface area contributed by atoms with Gasteiger partial charge in [-0.25, -0.2) is 9.99 Å². The van der Waals surface area contributed by atoms with Crippen LogP contribution in [0.3, 0.4) is 0 Å². The van der Waals surface area contributed by atoms with Gasteiger partial charge >= 0.3 is 0 Å². The Bertz CT molecular complexity index is 1440. The summed E-state index contributed by atoms with van der Waals surface area (Å²) in [5, 5.41) is 5.83. The van der Waals surface area contributed by atoms with Crippen molar-refractivity contribution in [3.05, 3.63) is 81.6 Å². The van der Waals surface area contributed by atoms with E-state index in [1.54, 1.807) is 47.4 Å². The molecule has 5 heterocycles. The molecule has 0 N–H and O–H groups in total. The molecule has 0 fully saturated rings. The molecule has 162 valence electrons. The maximum Gasteiger partial charge on any atom is 0.273 e. The van der Waals surface area contributed by atoms with Gasteiger partial charge in [0.15, 0.2) is 9.60 Å². The van der Waals surface area contributed by atoms with E-state index in [9.17, 15) is 9.59 Å². The number of aromatic nitrogens is 3. The third-order valence-corrected chi connectivity index (χ3v) is 6.53. The van der Waals surface area contributed by atoms with Crippen LogP contribution in [0.1, 0.15) is 24.0 Å². The number of hydrogen-bond donors (Lipinski definition) is 0. The monoisotopic (exact) mass is 467 g/mol. The molecule has 0 saturated heterocycles. The molecule has 1 aliphatic rings. The zero-order valence-corrected chi connectivity index (χ0v) is 18.3. The second-order valence-corrected chi connectivity index (χ2v) is 8.74. The molecule has 0 spiro atoms. The molecular weight excluding hydrogens is 450 g/mol. The van der Waals surface area contributed by atoms with Crippen molar-refractivity contribution in [1.29, 1.82) is 0 Å². The normalized spacial score (nSPS) is 15.9. The third-order valence-electron chi connectivity index (χ3n) is 5.10. The van der Waals surface area contributed by atoms with Gasteiger partial charge in [-0.2, -0.15) is 5.10 Å². The van der Waals surface area contributed by atoms with Crippen LogP contribution >= 0.6 is 23.6 Å². The number of carbonyl (C=O) groups is 1. The van der Waals surface area contributed by atoms with Crippen LogP contribution in [-0.2, 0) is 17.9 Å². The molecular formula is C21H17N5O4S2. The van der Waals surface area contributed by atoms with E-state index in [2.05, 4.69) is 16.7 Å². The molecule has 1 atom stereocenters. The van der Waals surface area contributed by atoms with Crippen LogP contribution in [0.4, 0.5) is 0 Å². The average Bonchev–Trinajstić information content (AvgIpc) is 3.57. The van der Waals surface area contributed by atoms with Crippen LogP contribution in [0.15, 0.2) is 74.5 Å². The topological polar surface area (TPSA) is 98.8 Å². The predicted molar refractivity (Wildman–Crippen MR) is 121 cm³/mol. The molecule has 5 rings (SSSR count).